The van der Waals surface area contributed by atoms with E-state index in [2.05, 4.69) is 17.3 Å². The van der Waals surface area contributed by atoms with Gasteiger partial charge >= 0.3 is 0 Å². The summed E-state index contributed by atoms with van der Waals surface area (Å²) in [7, 11) is 0. The zero-order chi connectivity index (χ0) is 13.0. The topological polar surface area (TPSA) is 82.2 Å². The molecule has 6 nitrogen and oxygen atoms in total. The number of ether oxygens (including phenoxy) is 1. The SMILES string of the molecule is CCC1OCCC1CNC(=O)Cn1cc(N)cn1. The van der Waals surface area contributed by atoms with Gasteiger partial charge in [-0.05, 0) is 12.8 Å². The number of amides is 1. The Balaban J connectivity index is 1.74. The molecule has 0 bridgehead atoms. The lowest BCUT2D eigenvalue weighted by atomic mass is 10.00. The number of nitrogens with two attached hydrogens (primary N) is 1. The van der Waals surface area contributed by atoms with Crippen LogP contribution in [0.25, 0.3) is 0 Å². The van der Waals surface area contributed by atoms with Crippen LogP contribution < -0.4 is 11.1 Å². The Bertz CT molecular complexity index is 405. The fourth-order valence-corrected chi connectivity index (χ4v) is 2.29. The molecule has 0 aliphatic carbocycles. The molecule has 1 aliphatic heterocycles. The minimum Gasteiger partial charge on any atom is -0.396 e. The largest absolute Gasteiger partial charge is 0.396 e. The number of carbonyl (C=O) groups excluding carboxylic acids is 1. The highest BCUT2D eigenvalue weighted by Gasteiger charge is 2.26. The van der Waals surface area contributed by atoms with Crippen LogP contribution in [0.5, 0.6) is 0 Å². The van der Waals surface area contributed by atoms with E-state index in [0.717, 1.165) is 19.4 Å². The maximum atomic E-state index is 11.7. The van der Waals surface area contributed by atoms with Crippen molar-refractivity contribution in [1.82, 2.24) is 15.1 Å². The first-order chi connectivity index (χ1) is 8.69. The second-order valence-electron chi connectivity index (χ2n) is 4.64. The molecule has 0 radical (unpaired) electrons. The molecule has 1 aromatic heterocycles. The summed E-state index contributed by atoms with van der Waals surface area (Å²) in [5.41, 5.74) is 6.10. The molecule has 1 fully saturated rings. The van der Waals surface area contributed by atoms with Crippen molar-refractivity contribution in [2.24, 2.45) is 5.92 Å². The zero-order valence-electron chi connectivity index (χ0n) is 10.6. The lowest BCUT2D eigenvalue weighted by Gasteiger charge is -2.17. The van der Waals surface area contributed by atoms with Gasteiger partial charge in [-0.3, -0.25) is 9.48 Å². The van der Waals surface area contributed by atoms with Crippen molar-refractivity contribution >= 4 is 11.6 Å². The Morgan fingerprint density at radius 2 is 2.56 bits per heavy atom. The first kappa shape index (κ1) is 12.9. The van der Waals surface area contributed by atoms with Gasteiger partial charge in [-0.1, -0.05) is 6.92 Å². The van der Waals surface area contributed by atoms with Gasteiger partial charge in [-0.15, -0.1) is 0 Å². The Kier molecular flexibility index (Phi) is 4.19. The number of rotatable bonds is 5. The number of carbonyl (C=O) groups is 1. The minimum absolute atomic E-state index is 0.0418. The van der Waals surface area contributed by atoms with Crippen LogP contribution in [0.2, 0.25) is 0 Å². The van der Waals surface area contributed by atoms with E-state index in [9.17, 15) is 4.79 Å². The van der Waals surface area contributed by atoms with Crippen LogP contribution in [0, 0.1) is 5.92 Å². The number of nitrogens with zero attached hydrogens (tertiary/aromatic N) is 2. The normalized spacial score (nSPS) is 23.2. The average Bonchev–Trinajstić information content (AvgIpc) is 2.95. The molecule has 100 valence electrons. The van der Waals surface area contributed by atoms with Crippen LogP contribution in [-0.2, 0) is 16.1 Å². The van der Waals surface area contributed by atoms with Gasteiger partial charge in [0, 0.05) is 25.3 Å². The Labute approximate surface area is 106 Å². The van der Waals surface area contributed by atoms with E-state index in [1.165, 1.54) is 10.9 Å². The second kappa shape index (κ2) is 5.86. The van der Waals surface area contributed by atoms with Crippen molar-refractivity contribution in [3.63, 3.8) is 0 Å². The van der Waals surface area contributed by atoms with Crippen molar-refractivity contribution in [3.05, 3.63) is 12.4 Å². The van der Waals surface area contributed by atoms with Crippen LogP contribution in [-0.4, -0.2) is 34.9 Å². The molecule has 3 N–H and O–H groups in total. The quantitative estimate of drug-likeness (QED) is 0.794. The monoisotopic (exact) mass is 252 g/mol. The predicted octanol–water partition coefficient (Wildman–Crippen LogP) is 0.397. The molecule has 2 unspecified atom stereocenters. The number of anilines is 1. The molecule has 1 aliphatic rings. The molecule has 0 aromatic carbocycles. The van der Waals surface area contributed by atoms with E-state index >= 15 is 0 Å². The number of hydrogen-bond acceptors (Lipinski definition) is 4. The van der Waals surface area contributed by atoms with Crippen LogP contribution in [0.15, 0.2) is 12.4 Å². The second-order valence-corrected chi connectivity index (χ2v) is 4.64. The molecule has 18 heavy (non-hydrogen) atoms. The maximum absolute atomic E-state index is 11.7. The first-order valence-electron chi connectivity index (χ1n) is 6.35. The summed E-state index contributed by atoms with van der Waals surface area (Å²) < 4.78 is 7.12. The van der Waals surface area contributed by atoms with Crippen LogP contribution in [0.4, 0.5) is 5.69 Å². The van der Waals surface area contributed by atoms with E-state index in [4.69, 9.17) is 10.5 Å². The molecule has 2 atom stereocenters. The summed E-state index contributed by atoms with van der Waals surface area (Å²) in [6.07, 6.45) is 5.48. The van der Waals surface area contributed by atoms with E-state index in [-0.39, 0.29) is 18.6 Å². The lowest BCUT2D eigenvalue weighted by molar-refractivity contribution is -0.122. The fraction of sp³-hybridized carbons (Fsp3) is 0.667. The highest BCUT2D eigenvalue weighted by Crippen LogP contribution is 2.22. The number of nitrogens with one attached hydrogen (secondary N) is 1. The van der Waals surface area contributed by atoms with E-state index in [1.807, 2.05) is 0 Å². The molecule has 1 aromatic rings. The van der Waals surface area contributed by atoms with Gasteiger partial charge in [-0.2, -0.15) is 5.10 Å². The smallest absolute Gasteiger partial charge is 0.241 e. The standard InChI is InChI=1S/C12H20N4O2/c1-2-11-9(3-4-18-11)5-14-12(17)8-16-7-10(13)6-15-16/h6-7,9,11H,2-5,8,13H2,1H3,(H,14,17). The van der Waals surface area contributed by atoms with Crippen molar-refractivity contribution in [2.75, 3.05) is 18.9 Å². The van der Waals surface area contributed by atoms with Crippen LogP contribution >= 0.6 is 0 Å². The van der Waals surface area contributed by atoms with Gasteiger partial charge in [0.2, 0.25) is 5.91 Å². The molecule has 0 spiro atoms. The molecular weight excluding hydrogens is 232 g/mol. The van der Waals surface area contributed by atoms with Crippen LogP contribution in [0.3, 0.4) is 0 Å². The van der Waals surface area contributed by atoms with E-state index < -0.39 is 0 Å². The summed E-state index contributed by atoms with van der Waals surface area (Å²) in [5, 5.41) is 6.90. The highest BCUT2D eigenvalue weighted by molar-refractivity contribution is 5.75. The number of aromatic nitrogens is 2. The van der Waals surface area contributed by atoms with Crippen molar-refractivity contribution in [3.8, 4) is 0 Å². The minimum atomic E-state index is -0.0418. The van der Waals surface area contributed by atoms with Gasteiger partial charge in [-0.25, -0.2) is 0 Å². The number of hydrogen-bond donors (Lipinski definition) is 2. The van der Waals surface area contributed by atoms with Gasteiger partial charge in [0.25, 0.3) is 0 Å². The van der Waals surface area contributed by atoms with Gasteiger partial charge in [0.15, 0.2) is 0 Å². The summed E-state index contributed by atoms with van der Waals surface area (Å²) in [4.78, 5) is 11.7. The summed E-state index contributed by atoms with van der Waals surface area (Å²) in [5.74, 6) is 0.390. The summed E-state index contributed by atoms with van der Waals surface area (Å²) in [6, 6.07) is 0. The highest BCUT2D eigenvalue weighted by atomic mass is 16.5. The summed E-state index contributed by atoms with van der Waals surface area (Å²) in [6.45, 7) is 3.79. The third-order valence-corrected chi connectivity index (χ3v) is 3.27. The van der Waals surface area contributed by atoms with Crippen molar-refractivity contribution < 1.29 is 9.53 Å². The third kappa shape index (κ3) is 3.22. The van der Waals surface area contributed by atoms with Crippen LogP contribution in [0.1, 0.15) is 19.8 Å². The van der Waals surface area contributed by atoms with E-state index in [0.29, 0.717) is 18.2 Å². The molecule has 1 amide bonds. The predicted molar refractivity (Wildman–Crippen MR) is 67.8 cm³/mol. The van der Waals surface area contributed by atoms with Crippen molar-refractivity contribution in [1.29, 1.82) is 0 Å². The average molecular weight is 252 g/mol. The maximum Gasteiger partial charge on any atom is 0.241 e. The van der Waals surface area contributed by atoms with E-state index in [1.54, 1.807) is 6.20 Å². The zero-order valence-corrected chi connectivity index (χ0v) is 10.6. The Morgan fingerprint density at radius 3 is 3.22 bits per heavy atom. The fourth-order valence-electron chi connectivity index (χ4n) is 2.29. The third-order valence-electron chi connectivity index (χ3n) is 3.27. The molecule has 6 heteroatoms. The molecule has 1 saturated heterocycles. The molecular formula is C12H20N4O2. The molecule has 2 heterocycles. The Hall–Kier alpha value is -1.56. The summed E-state index contributed by atoms with van der Waals surface area (Å²) >= 11 is 0. The van der Waals surface area contributed by atoms with Gasteiger partial charge < -0.3 is 15.8 Å². The van der Waals surface area contributed by atoms with Gasteiger partial charge in [0.1, 0.15) is 6.54 Å². The molecule has 0 saturated carbocycles. The Morgan fingerprint density at radius 1 is 1.72 bits per heavy atom. The number of nitrogen functional groups attached to an aromatic ring is 1. The van der Waals surface area contributed by atoms with Gasteiger partial charge in [0.05, 0.1) is 18.0 Å². The molecule has 2 rings (SSSR count). The lowest BCUT2D eigenvalue weighted by Crippen LogP contribution is -2.34. The first-order valence-corrected chi connectivity index (χ1v) is 6.35. The van der Waals surface area contributed by atoms with Crippen molar-refractivity contribution in [2.45, 2.75) is 32.4 Å².